The summed E-state index contributed by atoms with van der Waals surface area (Å²) in [7, 11) is -3.74. The van der Waals surface area contributed by atoms with Crippen LogP contribution in [0.5, 0.6) is 0 Å². The van der Waals surface area contributed by atoms with Gasteiger partial charge in [0.1, 0.15) is 10.6 Å². The third-order valence-corrected chi connectivity index (χ3v) is 5.85. The Bertz CT molecular complexity index is 649. The lowest BCUT2D eigenvalue weighted by Gasteiger charge is -2.26. The molecule has 0 radical (unpaired) electrons. The molecule has 2 fully saturated rings. The lowest BCUT2D eigenvalue weighted by molar-refractivity contribution is -0.125. The number of hydrogen-bond acceptors (Lipinski definition) is 6. The smallest absolute Gasteiger partial charge is 0.248 e. The largest absolute Gasteiger partial charge is 0.378 e. The molecule has 1 aromatic heterocycles. The van der Waals surface area contributed by atoms with Gasteiger partial charge >= 0.3 is 0 Å². The van der Waals surface area contributed by atoms with E-state index in [0.29, 0.717) is 12.3 Å². The predicted octanol–water partition coefficient (Wildman–Crippen LogP) is -0.573. The number of fused-ring (bicyclic) bond motifs is 3. The van der Waals surface area contributed by atoms with Crippen LogP contribution in [0.2, 0.25) is 0 Å². The molecular formula is C12H17N3O5S. The van der Waals surface area contributed by atoms with Crippen molar-refractivity contribution in [2.24, 2.45) is 5.92 Å². The summed E-state index contributed by atoms with van der Waals surface area (Å²) in [6.07, 6.45) is 0. The molecule has 2 aliphatic rings. The van der Waals surface area contributed by atoms with Gasteiger partial charge in [0.2, 0.25) is 15.9 Å². The maximum absolute atomic E-state index is 12.8. The normalized spacial score (nSPS) is 27.2. The molecule has 3 heterocycles. The number of aromatic nitrogens is 1. The number of hydrogen-bond donors (Lipinski definition) is 1. The first-order valence-corrected chi connectivity index (χ1v) is 8.14. The summed E-state index contributed by atoms with van der Waals surface area (Å²) in [5.74, 6) is -0.390. The van der Waals surface area contributed by atoms with E-state index in [9.17, 15) is 13.2 Å². The van der Waals surface area contributed by atoms with Crippen LogP contribution in [0.3, 0.4) is 0 Å². The van der Waals surface area contributed by atoms with Crippen LogP contribution in [-0.2, 0) is 19.6 Å². The number of rotatable bonds is 2. The van der Waals surface area contributed by atoms with Crippen LogP contribution in [0.1, 0.15) is 11.5 Å². The third kappa shape index (κ3) is 2.45. The van der Waals surface area contributed by atoms with Crippen molar-refractivity contribution >= 4 is 15.9 Å². The summed E-state index contributed by atoms with van der Waals surface area (Å²) in [5.41, 5.74) is 0.331. The first-order valence-electron chi connectivity index (χ1n) is 6.70. The number of nitrogens with zero attached hydrogens (tertiary/aromatic N) is 2. The SMILES string of the molecule is Cc1noc(C)c1S(=O)(=O)N1C[C@H]2COC[C@@H](C1)C(=O)N2. The van der Waals surface area contributed by atoms with Gasteiger partial charge in [-0.1, -0.05) is 5.16 Å². The molecule has 3 rings (SSSR count). The third-order valence-electron chi connectivity index (χ3n) is 3.77. The number of sulfonamides is 1. The fourth-order valence-electron chi connectivity index (χ4n) is 2.76. The first-order chi connectivity index (χ1) is 9.89. The molecule has 0 aliphatic carbocycles. The van der Waals surface area contributed by atoms with Crippen LogP contribution in [0.4, 0.5) is 0 Å². The summed E-state index contributed by atoms with van der Waals surface area (Å²) in [6.45, 7) is 4.00. The monoisotopic (exact) mass is 315 g/mol. The van der Waals surface area contributed by atoms with Crippen molar-refractivity contribution in [2.45, 2.75) is 24.8 Å². The van der Waals surface area contributed by atoms with E-state index < -0.39 is 15.9 Å². The lowest BCUT2D eigenvalue weighted by atomic mass is 10.1. The van der Waals surface area contributed by atoms with Crippen molar-refractivity contribution in [1.82, 2.24) is 14.8 Å². The maximum atomic E-state index is 12.8. The minimum atomic E-state index is -3.74. The molecule has 0 spiro atoms. The summed E-state index contributed by atoms with van der Waals surface area (Å²) in [6, 6.07) is -0.333. The Hall–Kier alpha value is -1.45. The lowest BCUT2D eigenvalue weighted by Crippen LogP contribution is -2.44. The van der Waals surface area contributed by atoms with Crippen LogP contribution in [0.15, 0.2) is 9.42 Å². The first kappa shape index (κ1) is 14.5. The number of carbonyl (C=O) groups is 1. The number of carbonyl (C=O) groups excluding carboxylic acids is 1. The molecule has 2 saturated heterocycles. The zero-order valence-electron chi connectivity index (χ0n) is 11.8. The Labute approximate surface area is 122 Å². The van der Waals surface area contributed by atoms with Crippen molar-refractivity contribution < 1.29 is 22.5 Å². The van der Waals surface area contributed by atoms with Crippen molar-refractivity contribution in [2.75, 3.05) is 26.3 Å². The van der Waals surface area contributed by atoms with Gasteiger partial charge in [-0.05, 0) is 13.8 Å². The average Bonchev–Trinajstić information content (AvgIpc) is 2.55. The van der Waals surface area contributed by atoms with Crippen molar-refractivity contribution in [3.8, 4) is 0 Å². The molecule has 0 unspecified atom stereocenters. The number of amides is 1. The topological polar surface area (TPSA) is 102 Å². The highest BCUT2D eigenvalue weighted by Crippen LogP contribution is 2.26. The van der Waals surface area contributed by atoms with Crippen molar-refractivity contribution in [3.63, 3.8) is 0 Å². The van der Waals surface area contributed by atoms with Gasteiger partial charge in [-0.3, -0.25) is 4.79 Å². The molecule has 2 aliphatic heterocycles. The standard InChI is InChI=1S/C12H17N3O5S/c1-7-11(8(2)20-14-7)21(17,18)15-3-9-5-19-6-10(4-15)13-12(9)16/h9-10H,3-6H2,1-2H3,(H,13,16)/t9-,10+/m1/s1. The quantitative estimate of drug-likeness (QED) is 0.784. The molecule has 21 heavy (non-hydrogen) atoms. The average molecular weight is 315 g/mol. The fourth-order valence-corrected chi connectivity index (χ4v) is 4.58. The summed E-state index contributed by atoms with van der Waals surface area (Å²) >= 11 is 0. The summed E-state index contributed by atoms with van der Waals surface area (Å²) in [4.78, 5) is 12.0. The van der Waals surface area contributed by atoms with E-state index in [1.54, 1.807) is 13.8 Å². The van der Waals surface area contributed by atoms with E-state index in [2.05, 4.69) is 10.5 Å². The highest BCUT2D eigenvalue weighted by atomic mass is 32.2. The van der Waals surface area contributed by atoms with Crippen molar-refractivity contribution in [1.29, 1.82) is 0 Å². The summed E-state index contributed by atoms with van der Waals surface area (Å²) in [5, 5.41) is 6.51. The second kappa shape index (κ2) is 5.08. The highest BCUT2D eigenvalue weighted by Gasteiger charge is 2.40. The molecule has 0 aromatic carbocycles. The second-order valence-electron chi connectivity index (χ2n) is 5.42. The van der Waals surface area contributed by atoms with Crippen LogP contribution in [0, 0.1) is 19.8 Å². The number of nitrogens with one attached hydrogen (secondary N) is 1. The van der Waals surface area contributed by atoms with E-state index >= 15 is 0 Å². The van der Waals surface area contributed by atoms with Crippen LogP contribution in [0.25, 0.3) is 0 Å². The molecule has 8 nitrogen and oxygen atoms in total. The molecule has 0 saturated carbocycles. The number of aryl methyl sites for hydroxylation is 2. The van der Waals surface area contributed by atoms with Gasteiger partial charge < -0.3 is 14.6 Å². The molecule has 1 N–H and O–H groups in total. The van der Waals surface area contributed by atoms with Crippen LogP contribution in [-0.4, -0.2) is 56.1 Å². The number of ether oxygens (including phenoxy) is 1. The molecule has 116 valence electrons. The molecule has 2 atom stereocenters. The van der Waals surface area contributed by atoms with Gasteiger partial charge in [0.25, 0.3) is 0 Å². The second-order valence-corrected chi connectivity index (χ2v) is 7.29. The Balaban J connectivity index is 1.98. The molecule has 1 amide bonds. The van der Waals surface area contributed by atoms with E-state index in [1.807, 2.05) is 0 Å². The minimum absolute atomic E-state index is 0.0934. The highest BCUT2D eigenvalue weighted by molar-refractivity contribution is 7.89. The van der Waals surface area contributed by atoms with Gasteiger partial charge in [-0.25, -0.2) is 8.42 Å². The Morgan fingerprint density at radius 3 is 2.71 bits per heavy atom. The van der Waals surface area contributed by atoms with Gasteiger partial charge in [0.15, 0.2) is 5.76 Å². The van der Waals surface area contributed by atoms with Gasteiger partial charge in [-0.2, -0.15) is 4.31 Å². The molecule has 9 heteroatoms. The van der Waals surface area contributed by atoms with Crippen molar-refractivity contribution in [3.05, 3.63) is 11.5 Å². The minimum Gasteiger partial charge on any atom is -0.378 e. The Kier molecular flexibility index (Phi) is 3.50. The maximum Gasteiger partial charge on any atom is 0.248 e. The zero-order valence-corrected chi connectivity index (χ0v) is 12.6. The van der Waals surface area contributed by atoms with Crippen LogP contribution >= 0.6 is 0 Å². The van der Waals surface area contributed by atoms with E-state index in [0.717, 1.165) is 0 Å². The fraction of sp³-hybridized carbons (Fsp3) is 0.667. The van der Waals surface area contributed by atoms with Crippen LogP contribution < -0.4 is 5.32 Å². The predicted molar refractivity (Wildman–Crippen MR) is 71.0 cm³/mol. The van der Waals surface area contributed by atoms with E-state index in [-0.39, 0.29) is 42.3 Å². The Morgan fingerprint density at radius 1 is 1.29 bits per heavy atom. The Morgan fingerprint density at radius 2 is 2.05 bits per heavy atom. The molecule has 1 aromatic rings. The van der Waals surface area contributed by atoms with E-state index in [1.165, 1.54) is 4.31 Å². The molecular weight excluding hydrogens is 298 g/mol. The molecule has 2 bridgehead atoms. The zero-order chi connectivity index (χ0) is 15.2. The van der Waals surface area contributed by atoms with Gasteiger partial charge in [-0.15, -0.1) is 0 Å². The van der Waals surface area contributed by atoms with Gasteiger partial charge in [0, 0.05) is 13.1 Å². The van der Waals surface area contributed by atoms with Gasteiger partial charge in [0.05, 0.1) is 25.2 Å². The summed E-state index contributed by atoms with van der Waals surface area (Å²) < 4.78 is 37.3. The van der Waals surface area contributed by atoms with E-state index in [4.69, 9.17) is 9.26 Å².